The van der Waals surface area contributed by atoms with Gasteiger partial charge in [-0.3, -0.25) is 9.59 Å². The average Bonchev–Trinajstić information content (AvgIpc) is 2.81. The van der Waals surface area contributed by atoms with Crippen LogP contribution in [-0.2, 0) is 4.79 Å². The minimum atomic E-state index is -0.778. The number of ether oxygens (including phenoxy) is 2. The molecule has 2 aromatic rings. The topological polar surface area (TPSA) is 76.7 Å². The third-order valence-corrected chi connectivity index (χ3v) is 4.04. The first-order chi connectivity index (χ1) is 12.7. The normalized spacial score (nSPS) is 15.9. The summed E-state index contributed by atoms with van der Waals surface area (Å²) in [4.78, 5) is 24.9. The first-order valence-corrected chi connectivity index (χ1v) is 8.74. The Morgan fingerprint density at radius 2 is 2.12 bits per heavy atom. The zero-order chi connectivity index (χ0) is 18.4. The molecule has 0 aliphatic carbocycles. The maximum atomic E-state index is 12.5. The second kappa shape index (κ2) is 8.38. The zero-order valence-corrected chi connectivity index (χ0v) is 14.7. The molecule has 0 spiro atoms. The molecule has 0 saturated carbocycles. The number of nitrogens with one attached hydrogen (secondary N) is 2. The van der Waals surface area contributed by atoms with Gasteiger partial charge in [0.25, 0.3) is 11.8 Å². The van der Waals surface area contributed by atoms with Gasteiger partial charge in [-0.15, -0.1) is 0 Å². The predicted molar refractivity (Wildman–Crippen MR) is 98.7 cm³/mol. The third kappa shape index (κ3) is 4.33. The Kier molecular flexibility index (Phi) is 5.73. The molecule has 0 radical (unpaired) electrons. The first kappa shape index (κ1) is 17.8. The van der Waals surface area contributed by atoms with Gasteiger partial charge in [0.2, 0.25) is 0 Å². The molecule has 6 nitrogen and oxygen atoms in total. The van der Waals surface area contributed by atoms with Gasteiger partial charge in [0.1, 0.15) is 24.1 Å². The zero-order valence-electron chi connectivity index (χ0n) is 14.7. The second-order valence-corrected chi connectivity index (χ2v) is 6.05. The Morgan fingerprint density at radius 1 is 1.27 bits per heavy atom. The first-order valence-electron chi connectivity index (χ1n) is 8.74. The average molecular weight is 354 g/mol. The third-order valence-electron chi connectivity index (χ3n) is 4.04. The van der Waals surface area contributed by atoms with E-state index in [1.54, 1.807) is 30.3 Å². The van der Waals surface area contributed by atoms with Crippen molar-refractivity contribution in [3.05, 3.63) is 54.1 Å². The molecular weight excluding hydrogens is 332 g/mol. The molecule has 0 bridgehead atoms. The number of benzene rings is 2. The molecule has 1 heterocycles. The monoisotopic (exact) mass is 354 g/mol. The molecule has 0 fully saturated rings. The van der Waals surface area contributed by atoms with E-state index >= 15 is 0 Å². The molecule has 6 heteroatoms. The lowest BCUT2D eigenvalue weighted by Gasteiger charge is -2.15. The molecule has 26 heavy (non-hydrogen) atoms. The largest absolute Gasteiger partial charge is 0.494 e. The fourth-order valence-electron chi connectivity index (χ4n) is 2.57. The molecular formula is C20H22N2O4. The fourth-order valence-corrected chi connectivity index (χ4v) is 2.57. The Morgan fingerprint density at radius 3 is 2.96 bits per heavy atom. The van der Waals surface area contributed by atoms with E-state index in [0.29, 0.717) is 29.4 Å². The molecule has 1 atom stereocenters. The second-order valence-electron chi connectivity index (χ2n) is 6.05. The van der Waals surface area contributed by atoms with Crippen molar-refractivity contribution in [2.75, 3.05) is 18.5 Å². The van der Waals surface area contributed by atoms with Crippen LogP contribution in [0.15, 0.2) is 48.5 Å². The van der Waals surface area contributed by atoms with E-state index in [0.717, 1.165) is 12.8 Å². The lowest BCUT2D eigenvalue weighted by Crippen LogP contribution is -2.46. The van der Waals surface area contributed by atoms with Crippen LogP contribution in [0.5, 0.6) is 11.5 Å². The summed E-state index contributed by atoms with van der Waals surface area (Å²) in [5.41, 5.74) is 1.04. The maximum Gasteiger partial charge on any atom is 0.252 e. The van der Waals surface area contributed by atoms with Crippen LogP contribution in [0, 0.1) is 0 Å². The lowest BCUT2D eigenvalue weighted by molar-refractivity contribution is -0.118. The van der Waals surface area contributed by atoms with E-state index in [1.165, 1.54) is 0 Å². The van der Waals surface area contributed by atoms with Crippen LogP contribution in [0.25, 0.3) is 0 Å². The highest BCUT2D eigenvalue weighted by Crippen LogP contribution is 2.26. The van der Waals surface area contributed by atoms with E-state index in [9.17, 15) is 9.59 Å². The number of hydrogen-bond acceptors (Lipinski definition) is 4. The molecule has 2 aromatic carbocycles. The van der Waals surface area contributed by atoms with Crippen molar-refractivity contribution in [1.82, 2.24) is 5.32 Å². The van der Waals surface area contributed by atoms with Crippen molar-refractivity contribution in [3.8, 4) is 11.5 Å². The molecule has 1 aliphatic heterocycles. The van der Waals surface area contributed by atoms with E-state index in [4.69, 9.17) is 9.47 Å². The van der Waals surface area contributed by atoms with Crippen molar-refractivity contribution < 1.29 is 19.1 Å². The summed E-state index contributed by atoms with van der Waals surface area (Å²) in [5.74, 6) is 0.572. The van der Waals surface area contributed by atoms with Crippen LogP contribution in [0.1, 0.15) is 30.1 Å². The number of anilines is 1. The predicted octanol–water partition coefficient (Wildman–Crippen LogP) is 3.00. The number of amides is 2. The summed E-state index contributed by atoms with van der Waals surface area (Å²) in [6, 6.07) is 13.3. The minimum Gasteiger partial charge on any atom is -0.494 e. The summed E-state index contributed by atoms with van der Waals surface area (Å²) in [5, 5.41) is 5.49. The molecule has 0 aromatic heterocycles. The van der Waals surface area contributed by atoms with E-state index in [2.05, 4.69) is 17.6 Å². The quantitative estimate of drug-likeness (QED) is 0.782. The molecule has 136 valence electrons. The van der Waals surface area contributed by atoms with E-state index < -0.39 is 6.04 Å². The lowest BCUT2D eigenvalue weighted by atomic mass is 10.2. The van der Waals surface area contributed by atoms with Crippen LogP contribution >= 0.6 is 0 Å². The minimum absolute atomic E-state index is 0.0707. The van der Waals surface area contributed by atoms with E-state index in [-0.39, 0.29) is 18.4 Å². The number of para-hydroxylation sites is 2. The Labute approximate surface area is 152 Å². The summed E-state index contributed by atoms with van der Waals surface area (Å²) < 4.78 is 11.3. The SMILES string of the molecule is CCCCOc1cccc(C(=O)N[C@@H]2COc3ccccc3NC2=O)c1. The summed E-state index contributed by atoms with van der Waals surface area (Å²) in [6.07, 6.45) is 2.00. The number of carbonyl (C=O) groups is 2. The van der Waals surface area contributed by atoms with Crippen molar-refractivity contribution in [2.24, 2.45) is 0 Å². The van der Waals surface area contributed by atoms with Crippen molar-refractivity contribution in [3.63, 3.8) is 0 Å². The number of hydrogen-bond donors (Lipinski definition) is 2. The van der Waals surface area contributed by atoms with Gasteiger partial charge in [-0.1, -0.05) is 31.5 Å². The van der Waals surface area contributed by atoms with Gasteiger partial charge < -0.3 is 20.1 Å². The summed E-state index contributed by atoms with van der Waals surface area (Å²) >= 11 is 0. The van der Waals surface area contributed by atoms with Crippen LogP contribution < -0.4 is 20.1 Å². The molecule has 2 N–H and O–H groups in total. The number of rotatable bonds is 6. The van der Waals surface area contributed by atoms with Gasteiger partial charge in [-0.2, -0.15) is 0 Å². The van der Waals surface area contributed by atoms with E-state index in [1.807, 2.05) is 18.2 Å². The summed E-state index contributed by atoms with van der Waals surface area (Å²) in [7, 11) is 0. The van der Waals surface area contributed by atoms with Gasteiger partial charge in [0.15, 0.2) is 0 Å². The Hall–Kier alpha value is -3.02. The van der Waals surface area contributed by atoms with Crippen LogP contribution in [-0.4, -0.2) is 31.1 Å². The van der Waals surface area contributed by atoms with Crippen LogP contribution in [0.3, 0.4) is 0 Å². The van der Waals surface area contributed by atoms with Crippen LogP contribution in [0.2, 0.25) is 0 Å². The highest BCUT2D eigenvalue weighted by atomic mass is 16.5. The fraction of sp³-hybridized carbons (Fsp3) is 0.300. The van der Waals surface area contributed by atoms with Gasteiger partial charge in [0, 0.05) is 5.56 Å². The van der Waals surface area contributed by atoms with Gasteiger partial charge in [-0.05, 0) is 36.8 Å². The highest BCUT2D eigenvalue weighted by Gasteiger charge is 2.26. The molecule has 1 aliphatic rings. The smallest absolute Gasteiger partial charge is 0.252 e. The van der Waals surface area contributed by atoms with Crippen molar-refractivity contribution >= 4 is 17.5 Å². The Bertz CT molecular complexity index is 791. The van der Waals surface area contributed by atoms with Gasteiger partial charge in [0.05, 0.1) is 12.3 Å². The van der Waals surface area contributed by atoms with Crippen molar-refractivity contribution in [2.45, 2.75) is 25.8 Å². The summed E-state index contributed by atoms with van der Waals surface area (Å²) in [6.45, 7) is 2.77. The maximum absolute atomic E-state index is 12.5. The standard InChI is InChI=1S/C20H22N2O4/c1-2-3-11-25-15-8-6-7-14(12-15)19(23)22-17-13-26-18-10-5-4-9-16(18)21-20(17)24/h4-10,12,17H,2-3,11,13H2,1H3,(H,21,24)(H,22,23)/t17-/m1/s1. The number of carbonyl (C=O) groups excluding carboxylic acids is 2. The van der Waals surface area contributed by atoms with Gasteiger partial charge >= 0.3 is 0 Å². The van der Waals surface area contributed by atoms with Crippen LogP contribution in [0.4, 0.5) is 5.69 Å². The van der Waals surface area contributed by atoms with Crippen molar-refractivity contribution in [1.29, 1.82) is 0 Å². The molecule has 2 amide bonds. The molecule has 0 unspecified atom stereocenters. The Balaban J connectivity index is 1.64. The number of fused-ring (bicyclic) bond motifs is 1. The molecule has 0 saturated heterocycles. The van der Waals surface area contributed by atoms with Gasteiger partial charge in [-0.25, -0.2) is 0 Å². The molecule has 3 rings (SSSR count). The highest BCUT2D eigenvalue weighted by molar-refractivity contribution is 6.02. The number of unbranched alkanes of at least 4 members (excludes halogenated alkanes) is 1.